The molecule has 2 N–H and O–H groups in total. The first-order valence-electron chi connectivity index (χ1n) is 9.95. The van der Waals surface area contributed by atoms with Crippen LogP contribution < -0.4 is 5.32 Å². The van der Waals surface area contributed by atoms with Gasteiger partial charge in [0.1, 0.15) is 6.04 Å². The molecule has 2 rings (SSSR count). The molecule has 0 aliphatic heterocycles. The topological polar surface area (TPSA) is 86.7 Å². The van der Waals surface area contributed by atoms with Crippen LogP contribution >= 0.6 is 11.8 Å². The Morgan fingerprint density at radius 3 is 2.30 bits per heavy atom. The average Bonchev–Trinajstić information content (AvgIpc) is 2.74. The fraction of sp³-hybridized carbons (Fsp3) is 0.348. The first-order chi connectivity index (χ1) is 14.3. The molecule has 30 heavy (non-hydrogen) atoms. The lowest BCUT2D eigenvalue weighted by Gasteiger charge is -2.24. The number of benzene rings is 2. The second kappa shape index (κ2) is 11.4. The molecule has 0 bridgehead atoms. The summed E-state index contributed by atoms with van der Waals surface area (Å²) in [6.07, 6.45) is 0.565. The molecule has 0 aliphatic rings. The SMILES string of the molecule is CCCN(C(=O)N[C@@H](CSC(C)C)C(=O)O)C(=O)c1cccc(-c2ccccc2)c1. The first-order valence-corrected chi connectivity index (χ1v) is 11.0. The van der Waals surface area contributed by atoms with Gasteiger partial charge in [-0.1, -0.05) is 63.2 Å². The van der Waals surface area contributed by atoms with Crippen LogP contribution in [0.2, 0.25) is 0 Å². The molecule has 0 saturated heterocycles. The van der Waals surface area contributed by atoms with Crippen LogP contribution in [0.3, 0.4) is 0 Å². The molecule has 0 aliphatic carbocycles. The zero-order chi connectivity index (χ0) is 22.1. The molecule has 0 radical (unpaired) electrons. The molecule has 3 amide bonds. The average molecular weight is 429 g/mol. The van der Waals surface area contributed by atoms with Gasteiger partial charge >= 0.3 is 12.0 Å². The van der Waals surface area contributed by atoms with Crippen molar-refractivity contribution in [3.8, 4) is 11.1 Å². The van der Waals surface area contributed by atoms with Crippen LogP contribution in [-0.2, 0) is 4.79 Å². The molecular formula is C23H28N2O4S. The van der Waals surface area contributed by atoms with E-state index in [2.05, 4.69) is 5.32 Å². The summed E-state index contributed by atoms with van der Waals surface area (Å²) >= 11 is 1.44. The van der Waals surface area contributed by atoms with Gasteiger partial charge in [0.05, 0.1) is 0 Å². The Labute approximate surface area is 181 Å². The number of imide groups is 1. The number of aliphatic carboxylic acids is 1. The van der Waals surface area contributed by atoms with Gasteiger partial charge in [-0.2, -0.15) is 11.8 Å². The molecular weight excluding hydrogens is 400 g/mol. The Morgan fingerprint density at radius 1 is 1.03 bits per heavy atom. The highest BCUT2D eigenvalue weighted by molar-refractivity contribution is 7.99. The molecule has 0 spiro atoms. The Hall–Kier alpha value is -2.80. The molecule has 160 valence electrons. The summed E-state index contributed by atoms with van der Waals surface area (Å²) in [5, 5.41) is 12.2. The van der Waals surface area contributed by atoms with Gasteiger partial charge < -0.3 is 10.4 Å². The summed E-state index contributed by atoms with van der Waals surface area (Å²) in [7, 11) is 0. The molecule has 0 unspecified atom stereocenters. The lowest BCUT2D eigenvalue weighted by Crippen LogP contribution is -2.51. The fourth-order valence-corrected chi connectivity index (χ4v) is 3.63. The zero-order valence-electron chi connectivity index (χ0n) is 17.5. The predicted octanol–water partition coefficient (Wildman–Crippen LogP) is 4.51. The van der Waals surface area contributed by atoms with E-state index in [1.165, 1.54) is 11.8 Å². The molecule has 0 saturated carbocycles. The van der Waals surface area contributed by atoms with Crippen molar-refractivity contribution in [1.29, 1.82) is 0 Å². The number of carboxylic acids is 1. The highest BCUT2D eigenvalue weighted by atomic mass is 32.2. The maximum atomic E-state index is 13.1. The van der Waals surface area contributed by atoms with E-state index in [1.807, 2.05) is 57.2 Å². The number of carboxylic acid groups (broad SMARTS) is 1. The number of nitrogens with one attached hydrogen (secondary N) is 1. The molecule has 1 atom stereocenters. The summed E-state index contributed by atoms with van der Waals surface area (Å²) in [6.45, 7) is 5.97. The van der Waals surface area contributed by atoms with Gasteiger partial charge in [0.2, 0.25) is 0 Å². The van der Waals surface area contributed by atoms with Crippen molar-refractivity contribution >= 4 is 29.7 Å². The van der Waals surface area contributed by atoms with Crippen LogP contribution in [0.15, 0.2) is 54.6 Å². The van der Waals surface area contributed by atoms with E-state index >= 15 is 0 Å². The molecule has 0 fully saturated rings. The van der Waals surface area contributed by atoms with Crippen molar-refractivity contribution in [1.82, 2.24) is 10.2 Å². The lowest BCUT2D eigenvalue weighted by molar-refractivity contribution is -0.138. The van der Waals surface area contributed by atoms with Gasteiger partial charge in [-0.25, -0.2) is 9.59 Å². The second-order valence-electron chi connectivity index (χ2n) is 7.13. The minimum absolute atomic E-state index is 0.198. The van der Waals surface area contributed by atoms with Gasteiger partial charge in [0.25, 0.3) is 5.91 Å². The van der Waals surface area contributed by atoms with Crippen molar-refractivity contribution in [2.75, 3.05) is 12.3 Å². The van der Waals surface area contributed by atoms with Crippen molar-refractivity contribution in [3.63, 3.8) is 0 Å². The maximum Gasteiger partial charge on any atom is 0.327 e. The monoisotopic (exact) mass is 428 g/mol. The Morgan fingerprint density at radius 2 is 1.70 bits per heavy atom. The first kappa shape index (κ1) is 23.5. The minimum atomic E-state index is -1.12. The third kappa shape index (κ3) is 6.62. The third-order valence-corrected chi connectivity index (χ3v) is 5.54. The second-order valence-corrected chi connectivity index (χ2v) is 8.74. The lowest BCUT2D eigenvalue weighted by atomic mass is 10.0. The fourth-order valence-electron chi connectivity index (χ4n) is 2.83. The van der Waals surface area contributed by atoms with Gasteiger partial charge in [0, 0.05) is 17.9 Å². The number of urea groups is 1. The molecule has 0 aromatic heterocycles. The van der Waals surface area contributed by atoms with Crippen LogP contribution in [0.25, 0.3) is 11.1 Å². The normalized spacial score (nSPS) is 11.7. The summed E-state index contributed by atoms with van der Waals surface area (Å²) in [4.78, 5) is 38.5. The number of nitrogens with zero attached hydrogens (tertiary/aromatic N) is 1. The largest absolute Gasteiger partial charge is 0.480 e. The van der Waals surface area contributed by atoms with Crippen LogP contribution in [0.1, 0.15) is 37.6 Å². The van der Waals surface area contributed by atoms with Crippen molar-refractivity contribution < 1.29 is 19.5 Å². The van der Waals surface area contributed by atoms with Gasteiger partial charge in [-0.3, -0.25) is 9.69 Å². The van der Waals surface area contributed by atoms with E-state index < -0.39 is 23.9 Å². The number of hydrogen-bond acceptors (Lipinski definition) is 4. The third-order valence-electron chi connectivity index (χ3n) is 4.35. The Bertz CT molecular complexity index is 871. The number of amides is 3. The minimum Gasteiger partial charge on any atom is -0.480 e. The summed E-state index contributed by atoms with van der Waals surface area (Å²) in [5.41, 5.74) is 2.22. The van der Waals surface area contributed by atoms with Crippen LogP contribution in [0, 0.1) is 0 Å². The van der Waals surface area contributed by atoms with E-state index in [4.69, 9.17) is 0 Å². The molecule has 0 heterocycles. The van der Waals surface area contributed by atoms with E-state index in [0.29, 0.717) is 12.0 Å². The summed E-state index contributed by atoms with van der Waals surface area (Å²) in [5.74, 6) is -1.34. The highest BCUT2D eigenvalue weighted by Crippen LogP contribution is 2.21. The number of thioether (sulfide) groups is 1. The Kier molecular flexibility index (Phi) is 8.92. The Balaban J connectivity index is 2.21. The highest BCUT2D eigenvalue weighted by Gasteiger charge is 2.27. The zero-order valence-corrected chi connectivity index (χ0v) is 18.3. The van der Waals surface area contributed by atoms with E-state index in [-0.39, 0.29) is 17.5 Å². The van der Waals surface area contributed by atoms with E-state index in [0.717, 1.165) is 16.0 Å². The van der Waals surface area contributed by atoms with Crippen LogP contribution in [0.4, 0.5) is 4.79 Å². The van der Waals surface area contributed by atoms with E-state index in [1.54, 1.807) is 18.2 Å². The van der Waals surface area contributed by atoms with Crippen LogP contribution in [-0.4, -0.2) is 51.5 Å². The number of carbonyl (C=O) groups is 3. The number of hydrogen-bond donors (Lipinski definition) is 2. The van der Waals surface area contributed by atoms with Gasteiger partial charge in [-0.15, -0.1) is 0 Å². The van der Waals surface area contributed by atoms with Crippen LogP contribution in [0.5, 0.6) is 0 Å². The van der Waals surface area contributed by atoms with Crippen molar-refractivity contribution in [3.05, 3.63) is 60.2 Å². The predicted molar refractivity (Wildman–Crippen MR) is 121 cm³/mol. The number of rotatable bonds is 9. The molecule has 2 aromatic rings. The van der Waals surface area contributed by atoms with Gasteiger partial charge in [-0.05, 0) is 34.9 Å². The standard InChI is InChI=1S/C23H28N2O4S/c1-4-13-25(23(29)24-20(22(27)28)15-30-16(2)3)21(26)19-12-8-11-18(14-19)17-9-6-5-7-10-17/h5-12,14,16,20H,4,13,15H2,1-3H3,(H,24,29)(H,27,28)/t20-/m0/s1. The van der Waals surface area contributed by atoms with E-state index in [9.17, 15) is 19.5 Å². The molecule has 2 aromatic carbocycles. The summed E-state index contributed by atoms with van der Waals surface area (Å²) in [6, 6.07) is 15.0. The summed E-state index contributed by atoms with van der Waals surface area (Å²) < 4.78 is 0. The van der Waals surface area contributed by atoms with Gasteiger partial charge in [0.15, 0.2) is 0 Å². The van der Waals surface area contributed by atoms with Crippen molar-refractivity contribution in [2.45, 2.75) is 38.5 Å². The number of carbonyl (C=O) groups excluding carboxylic acids is 2. The quantitative estimate of drug-likeness (QED) is 0.614. The molecule has 7 heteroatoms. The maximum absolute atomic E-state index is 13.1. The molecule has 6 nitrogen and oxygen atoms in total. The van der Waals surface area contributed by atoms with Crippen molar-refractivity contribution in [2.24, 2.45) is 0 Å². The smallest absolute Gasteiger partial charge is 0.327 e.